The van der Waals surface area contributed by atoms with E-state index in [9.17, 15) is 14.4 Å². The number of furan rings is 1. The van der Waals surface area contributed by atoms with Crippen LogP contribution < -0.4 is 0 Å². The number of carbonyl (C=O) groups is 3. The number of ketones is 1. The van der Waals surface area contributed by atoms with Gasteiger partial charge in [-0.1, -0.05) is 6.92 Å². The van der Waals surface area contributed by atoms with E-state index in [2.05, 4.69) is 6.92 Å². The van der Waals surface area contributed by atoms with E-state index in [0.29, 0.717) is 12.8 Å². The van der Waals surface area contributed by atoms with Crippen molar-refractivity contribution in [2.24, 2.45) is 28.1 Å². The molecule has 2 spiro atoms. The third kappa shape index (κ3) is 2.02. The molecule has 1 aromatic rings. The lowest BCUT2D eigenvalue weighted by Crippen LogP contribution is -2.72. The number of Topliss-reactive ketones (excluding diaryl/α,β-unsaturated/α-hetero) is 1. The molecule has 4 saturated heterocycles. The van der Waals surface area contributed by atoms with Crippen LogP contribution in [-0.4, -0.2) is 47.7 Å². The molecule has 0 aromatic carbocycles. The molecule has 34 heavy (non-hydrogen) atoms. The Hall–Kier alpha value is -2.19. The van der Waals surface area contributed by atoms with Gasteiger partial charge in [-0.25, -0.2) is 4.79 Å². The summed E-state index contributed by atoms with van der Waals surface area (Å²) in [6.07, 6.45) is 3.46. The summed E-state index contributed by atoms with van der Waals surface area (Å²) in [6.45, 7) is 8.36. The van der Waals surface area contributed by atoms with Gasteiger partial charge in [0.25, 0.3) is 0 Å². The molecule has 8 nitrogen and oxygen atoms in total. The van der Waals surface area contributed by atoms with Crippen LogP contribution in [0.4, 0.5) is 0 Å². The van der Waals surface area contributed by atoms with Gasteiger partial charge >= 0.3 is 11.9 Å². The lowest BCUT2D eigenvalue weighted by molar-refractivity contribution is -0.225. The topological polar surface area (TPSA) is 105 Å². The fourth-order valence-corrected chi connectivity index (χ4v) is 9.34. The third-order valence-corrected chi connectivity index (χ3v) is 10.7. The average molecular weight is 471 g/mol. The molecule has 6 aliphatic rings. The van der Waals surface area contributed by atoms with Gasteiger partial charge in [0.15, 0.2) is 6.10 Å². The molecule has 0 amide bonds. The first kappa shape index (κ1) is 21.1. The van der Waals surface area contributed by atoms with Crippen LogP contribution in [0.2, 0.25) is 0 Å². The summed E-state index contributed by atoms with van der Waals surface area (Å²) in [5, 5.41) is 0. The zero-order valence-corrected chi connectivity index (χ0v) is 19.9. The maximum atomic E-state index is 14.2. The van der Waals surface area contributed by atoms with Gasteiger partial charge in [0.05, 0.1) is 36.1 Å². The second-order valence-corrected chi connectivity index (χ2v) is 12.2. The van der Waals surface area contributed by atoms with E-state index in [0.717, 1.165) is 12.0 Å². The number of carbonyl (C=O) groups excluding carboxylic acids is 3. The largest absolute Gasteiger partial charge is 0.472 e. The number of rotatable bonds is 1. The summed E-state index contributed by atoms with van der Waals surface area (Å²) in [6, 6.07) is 1.81. The van der Waals surface area contributed by atoms with E-state index in [4.69, 9.17) is 23.4 Å². The molecule has 0 N–H and O–H groups in total. The average Bonchev–Trinajstić information content (AvgIpc) is 3.26. The summed E-state index contributed by atoms with van der Waals surface area (Å²) in [4.78, 5) is 39.7. The van der Waals surface area contributed by atoms with Crippen LogP contribution in [0.15, 0.2) is 23.0 Å². The van der Waals surface area contributed by atoms with Gasteiger partial charge in [-0.15, -0.1) is 0 Å². The van der Waals surface area contributed by atoms with E-state index in [1.165, 1.54) is 0 Å². The Morgan fingerprint density at radius 2 is 1.76 bits per heavy atom. The first-order chi connectivity index (χ1) is 16.0. The zero-order valence-electron chi connectivity index (χ0n) is 19.9. The molecule has 2 unspecified atom stereocenters. The number of hydrogen-bond acceptors (Lipinski definition) is 8. The Morgan fingerprint density at radius 3 is 2.50 bits per heavy atom. The van der Waals surface area contributed by atoms with Crippen molar-refractivity contribution in [3.8, 4) is 0 Å². The summed E-state index contributed by atoms with van der Waals surface area (Å²) >= 11 is 0. The first-order valence-corrected chi connectivity index (χ1v) is 12.3. The molecule has 0 radical (unpaired) electrons. The maximum absolute atomic E-state index is 14.2. The molecule has 9 atom stereocenters. The number of ether oxygens (including phenoxy) is 4. The predicted octanol–water partition coefficient (Wildman–Crippen LogP) is 3.14. The Kier molecular flexibility index (Phi) is 3.70. The normalized spacial score (nSPS) is 52.4. The molecule has 2 aliphatic carbocycles. The van der Waals surface area contributed by atoms with Crippen LogP contribution >= 0.6 is 0 Å². The van der Waals surface area contributed by atoms with Crippen molar-refractivity contribution >= 4 is 17.7 Å². The van der Waals surface area contributed by atoms with E-state index in [-0.39, 0.29) is 42.7 Å². The first-order valence-electron chi connectivity index (χ1n) is 12.3. The third-order valence-electron chi connectivity index (χ3n) is 10.7. The Balaban J connectivity index is 1.41. The Bertz CT molecular complexity index is 1120. The molecule has 1 aromatic heterocycles. The van der Waals surface area contributed by atoms with Gasteiger partial charge in [-0.2, -0.15) is 0 Å². The van der Waals surface area contributed by atoms with Crippen LogP contribution in [0.25, 0.3) is 0 Å². The van der Waals surface area contributed by atoms with Crippen LogP contribution in [0.3, 0.4) is 0 Å². The van der Waals surface area contributed by atoms with Crippen molar-refractivity contribution in [1.82, 2.24) is 0 Å². The van der Waals surface area contributed by atoms with Gasteiger partial charge in [0.2, 0.25) is 0 Å². The van der Waals surface area contributed by atoms with E-state index in [1.54, 1.807) is 12.5 Å². The fourth-order valence-electron chi connectivity index (χ4n) is 9.34. The maximum Gasteiger partial charge on any atom is 0.339 e. The number of epoxide rings is 1. The molecular weight excluding hydrogens is 440 g/mol. The van der Waals surface area contributed by atoms with Gasteiger partial charge in [-0.05, 0) is 45.6 Å². The Labute approximate surface area is 197 Å². The van der Waals surface area contributed by atoms with Gasteiger partial charge < -0.3 is 23.4 Å². The number of hydrogen-bond donors (Lipinski definition) is 0. The molecular formula is C26H30O8. The molecule has 182 valence electrons. The van der Waals surface area contributed by atoms with Crippen molar-refractivity contribution in [2.75, 3.05) is 6.61 Å². The minimum atomic E-state index is -0.976. The van der Waals surface area contributed by atoms with Gasteiger partial charge in [-0.3, -0.25) is 9.59 Å². The summed E-state index contributed by atoms with van der Waals surface area (Å²) in [5.41, 5.74) is -2.78. The smallest absolute Gasteiger partial charge is 0.339 e. The number of esters is 2. The van der Waals surface area contributed by atoms with Crippen LogP contribution in [0, 0.1) is 28.1 Å². The van der Waals surface area contributed by atoms with Gasteiger partial charge in [0, 0.05) is 28.7 Å². The zero-order chi connectivity index (χ0) is 23.9. The molecule has 0 bridgehead atoms. The second-order valence-electron chi connectivity index (χ2n) is 12.2. The van der Waals surface area contributed by atoms with Crippen molar-refractivity contribution in [2.45, 2.75) is 82.9 Å². The summed E-state index contributed by atoms with van der Waals surface area (Å²) < 4.78 is 29.8. The molecule has 7 rings (SSSR count). The SMILES string of the molecule is CC1(C)O[C@H]2CC(=O)OC[C@@]23C1CC(=O)[C@]1(C)C3CC[C@@]2(C)[C@H](c3ccoc3)OC(=O)[C@H]3O[C@]321. The van der Waals surface area contributed by atoms with E-state index in [1.807, 2.05) is 26.8 Å². The summed E-state index contributed by atoms with van der Waals surface area (Å²) in [5.74, 6) is -0.780. The molecule has 5 heterocycles. The molecule has 2 saturated carbocycles. The minimum Gasteiger partial charge on any atom is -0.472 e. The molecule has 4 aliphatic heterocycles. The van der Waals surface area contributed by atoms with Gasteiger partial charge in [0.1, 0.15) is 24.1 Å². The standard InChI is InChI=1S/C26H30O8/c1-22(2)15-9-16(27)24(4)14(25(15)12-31-18(28)10-17(25)33-22)5-7-23(3)19(13-6-8-30-11-13)32-21(29)20-26(23,24)34-20/h6,8,11,14-15,17,19-20H,5,7,9-10,12H2,1-4H3/t14?,15?,17-,19-,20+,23-,24-,25+,26+/m0/s1. The highest BCUT2D eigenvalue weighted by Crippen LogP contribution is 2.79. The van der Waals surface area contributed by atoms with E-state index >= 15 is 0 Å². The van der Waals surface area contributed by atoms with Crippen LogP contribution in [0.5, 0.6) is 0 Å². The van der Waals surface area contributed by atoms with Crippen LogP contribution in [-0.2, 0) is 33.3 Å². The highest BCUT2D eigenvalue weighted by Gasteiger charge is 2.89. The van der Waals surface area contributed by atoms with Crippen molar-refractivity contribution in [1.29, 1.82) is 0 Å². The minimum absolute atomic E-state index is 0.0677. The molecule has 6 fully saturated rings. The predicted molar refractivity (Wildman–Crippen MR) is 114 cm³/mol. The monoisotopic (exact) mass is 470 g/mol. The quantitative estimate of drug-likeness (QED) is 0.455. The highest BCUT2D eigenvalue weighted by molar-refractivity contribution is 5.93. The van der Waals surface area contributed by atoms with Crippen molar-refractivity contribution < 1.29 is 37.7 Å². The van der Waals surface area contributed by atoms with Crippen molar-refractivity contribution in [3.05, 3.63) is 24.2 Å². The Morgan fingerprint density at radius 1 is 0.971 bits per heavy atom. The lowest BCUT2D eigenvalue weighted by Gasteiger charge is -2.65. The van der Waals surface area contributed by atoms with Crippen LogP contribution in [0.1, 0.15) is 65.0 Å². The number of cyclic esters (lactones) is 2. The fraction of sp³-hybridized carbons (Fsp3) is 0.731. The lowest BCUT2D eigenvalue weighted by atomic mass is 9.37. The summed E-state index contributed by atoms with van der Waals surface area (Å²) in [7, 11) is 0. The van der Waals surface area contributed by atoms with E-state index < -0.39 is 45.6 Å². The van der Waals surface area contributed by atoms with Crippen molar-refractivity contribution in [3.63, 3.8) is 0 Å². The number of fused-ring (bicyclic) bond motifs is 1. The molecule has 8 heteroatoms. The highest BCUT2D eigenvalue weighted by atomic mass is 16.7. The second kappa shape index (κ2) is 5.95.